The van der Waals surface area contributed by atoms with Crippen molar-refractivity contribution in [1.29, 1.82) is 0 Å². The van der Waals surface area contributed by atoms with Crippen LogP contribution in [-0.4, -0.2) is 15.3 Å². The van der Waals surface area contributed by atoms with E-state index in [4.69, 9.17) is 0 Å². The number of H-pyrrole nitrogens is 1. The Labute approximate surface area is 146 Å². The zero-order valence-electron chi connectivity index (χ0n) is 14.2. The fourth-order valence-electron chi connectivity index (χ4n) is 3.87. The summed E-state index contributed by atoms with van der Waals surface area (Å²) in [7, 11) is 0. The Hall–Kier alpha value is -2.62. The van der Waals surface area contributed by atoms with E-state index in [2.05, 4.69) is 4.98 Å². The first-order chi connectivity index (χ1) is 12.2. The van der Waals surface area contributed by atoms with E-state index in [0.29, 0.717) is 17.0 Å². The molecule has 0 saturated heterocycles. The van der Waals surface area contributed by atoms with Gasteiger partial charge in [0.25, 0.3) is 0 Å². The maximum Gasteiger partial charge on any atom is 0.326 e. The number of benzene rings is 2. The molecule has 0 aliphatic heterocycles. The van der Waals surface area contributed by atoms with Gasteiger partial charge in [-0.2, -0.15) is 0 Å². The lowest BCUT2D eigenvalue weighted by Crippen LogP contribution is -2.22. The normalized spacial score (nSPS) is 15.5. The molecule has 0 amide bonds. The average Bonchev–Trinajstić information content (AvgIpc) is 2.97. The summed E-state index contributed by atoms with van der Waals surface area (Å²) in [5.41, 5.74) is 2.81. The number of rotatable bonds is 4. The smallest absolute Gasteiger partial charge is 0.306 e. The van der Waals surface area contributed by atoms with Gasteiger partial charge < -0.3 is 4.98 Å². The molecule has 1 heterocycles. The van der Waals surface area contributed by atoms with E-state index < -0.39 is 0 Å². The van der Waals surface area contributed by atoms with Gasteiger partial charge in [0.1, 0.15) is 0 Å². The Morgan fingerprint density at radius 2 is 1.76 bits per heavy atom. The maximum absolute atomic E-state index is 12.6. The van der Waals surface area contributed by atoms with Crippen LogP contribution in [0.15, 0.2) is 53.3 Å². The van der Waals surface area contributed by atoms with E-state index in [1.165, 1.54) is 32.1 Å². The molecule has 0 radical (unpaired) electrons. The number of carbonyl (C=O) groups is 1. The van der Waals surface area contributed by atoms with E-state index in [1.807, 2.05) is 47.0 Å². The molecular weight excluding hydrogens is 312 g/mol. The number of ketones is 1. The summed E-state index contributed by atoms with van der Waals surface area (Å²) in [6.07, 6.45) is 6.23. The van der Waals surface area contributed by atoms with Crippen LogP contribution in [0.25, 0.3) is 11.0 Å². The van der Waals surface area contributed by atoms with Crippen LogP contribution in [-0.2, 0) is 6.54 Å². The molecule has 128 valence electrons. The van der Waals surface area contributed by atoms with E-state index in [9.17, 15) is 9.59 Å². The van der Waals surface area contributed by atoms with Crippen LogP contribution in [0.2, 0.25) is 0 Å². The van der Waals surface area contributed by atoms with Gasteiger partial charge in [0.15, 0.2) is 5.78 Å². The topological polar surface area (TPSA) is 54.9 Å². The molecule has 2 aromatic carbocycles. The molecule has 1 aromatic heterocycles. The Bertz CT molecular complexity index is 947. The standard InChI is InChI=1S/C21H22N2O2/c24-20(16-9-5-2-6-10-16)17-11-12-19-18(13-17)22-21(25)23(19)14-15-7-3-1-4-8-15/h2,5-6,9-13,15H,1,3-4,7-8,14H2,(H,22,25). The Morgan fingerprint density at radius 3 is 2.52 bits per heavy atom. The van der Waals surface area contributed by atoms with Crippen LogP contribution < -0.4 is 5.69 Å². The molecule has 1 N–H and O–H groups in total. The van der Waals surface area contributed by atoms with Gasteiger partial charge in [0, 0.05) is 17.7 Å². The van der Waals surface area contributed by atoms with E-state index in [-0.39, 0.29) is 11.5 Å². The molecule has 3 aromatic rings. The third kappa shape index (κ3) is 3.16. The van der Waals surface area contributed by atoms with Crippen molar-refractivity contribution in [1.82, 2.24) is 9.55 Å². The molecule has 0 spiro atoms. The van der Waals surface area contributed by atoms with Crippen LogP contribution in [0.5, 0.6) is 0 Å². The molecule has 0 unspecified atom stereocenters. The number of imidazole rings is 1. The van der Waals surface area contributed by atoms with Crippen LogP contribution in [0, 0.1) is 5.92 Å². The fraction of sp³-hybridized carbons (Fsp3) is 0.333. The average molecular weight is 334 g/mol. The highest BCUT2D eigenvalue weighted by Crippen LogP contribution is 2.26. The number of aromatic amines is 1. The molecule has 0 atom stereocenters. The molecule has 1 fully saturated rings. The van der Waals surface area contributed by atoms with Crippen LogP contribution in [0.4, 0.5) is 0 Å². The first-order valence-electron chi connectivity index (χ1n) is 9.05. The van der Waals surface area contributed by atoms with Gasteiger partial charge in [-0.05, 0) is 37.0 Å². The van der Waals surface area contributed by atoms with Gasteiger partial charge in [0.05, 0.1) is 11.0 Å². The summed E-state index contributed by atoms with van der Waals surface area (Å²) in [5, 5.41) is 0. The SMILES string of the molecule is O=C(c1ccccc1)c1ccc2c(c1)[nH]c(=O)n2CC1CCCCC1. The van der Waals surface area contributed by atoms with Gasteiger partial charge in [-0.15, -0.1) is 0 Å². The van der Waals surface area contributed by atoms with E-state index >= 15 is 0 Å². The predicted molar refractivity (Wildman–Crippen MR) is 99.0 cm³/mol. The molecule has 25 heavy (non-hydrogen) atoms. The fourth-order valence-corrected chi connectivity index (χ4v) is 3.87. The minimum atomic E-state index is -0.0788. The molecule has 4 rings (SSSR count). The van der Waals surface area contributed by atoms with Crippen molar-refractivity contribution in [2.24, 2.45) is 5.92 Å². The second-order valence-electron chi connectivity index (χ2n) is 6.97. The highest BCUT2D eigenvalue weighted by Gasteiger charge is 2.17. The summed E-state index contributed by atoms with van der Waals surface area (Å²) in [4.78, 5) is 27.9. The predicted octanol–water partition coefficient (Wildman–Crippen LogP) is 4.14. The third-order valence-electron chi connectivity index (χ3n) is 5.24. The number of hydrogen-bond donors (Lipinski definition) is 1. The second kappa shape index (κ2) is 6.71. The summed E-state index contributed by atoms with van der Waals surface area (Å²) in [6, 6.07) is 14.7. The van der Waals surface area contributed by atoms with Crippen LogP contribution in [0.1, 0.15) is 48.0 Å². The number of carbonyl (C=O) groups excluding carboxylic acids is 1. The number of nitrogens with one attached hydrogen (secondary N) is 1. The largest absolute Gasteiger partial charge is 0.326 e. The van der Waals surface area contributed by atoms with Crippen molar-refractivity contribution >= 4 is 16.8 Å². The Kier molecular flexibility index (Phi) is 4.26. The molecule has 1 aliphatic rings. The number of aromatic nitrogens is 2. The first-order valence-corrected chi connectivity index (χ1v) is 9.05. The van der Waals surface area contributed by atoms with Crippen molar-refractivity contribution in [3.8, 4) is 0 Å². The van der Waals surface area contributed by atoms with Gasteiger partial charge in [-0.1, -0.05) is 49.6 Å². The molecular formula is C21H22N2O2. The van der Waals surface area contributed by atoms with Crippen molar-refractivity contribution < 1.29 is 4.79 Å². The van der Waals surface area contributed by atoms with Crippen molar-refractivity contribution in [3.63, 3.8) is 0 Å². The van der Waals surface area contributed by atoms with Crippen LogP contribution >= 0.6 is 0 Å². The van der Waals surface area contributed by atoms with Crippen molar-refractivity contribution in [3.05, 3.63) is 70.1 Å². The third-order valence-corrected chi connectivity index (χ3v) is 5.24. The molecule has 4 nitrogen and oxygen atoms in total. The summed E-state index contributed by atoms with van der Waals surface area (Å²) in [5.74, 6) is 0.555. The summed E-state index contributed by atoms with van der Waals surface area (Å²) in [6.45, 7) is 0.769. The molecule has 4 heteroatoms. The maximum atomic E-state index is 12.6. The lowest BCUT2D eigenvalue weighted by molar-refractivity contribution is 0.103. The number of fused-ring (bicyclic) bond motifs is 1. The zero-order valence-corrected chi connectivity index (χ0v) is 14.2. The first kappa shape index (κ1) is 15.9. The van der Waals surface area contributed by atoms with Crippen LogP contribution in [0.3, 0.4) is 0 Å². The number of nitrogens with zero attached hydrogens (tertiary/aromatic N) is 1. The Morgan fingerprint density at radius 1 is 1.00 bits per heavy atom. The van der Waals surface area contributed by atoms with Gasteiger partial charge in [0.2, 0.25) is 0 Å². The lowest BCUT2D eigenvalue weighted by atomic mass is 9.89. The second-order valence-corrected chi connectivity index (χ2v) is 6.97. The lowest BCUT2D eigenvalue weighted by Gasteiger charge is -2.21. The van der Waals surface area contributed by atoms with Gasteiger partial charge >= 0.3 is 5.69 Å². The summed E-state index contributed by atoms with van der Waals surface area (Å²) < 4.78 is 1.84. The number of hydrogen-bond acceptors (Lipinski definition) is 2. The molecule has 1 aliphatic carbocycles. The van der Waals surface area contributed by atoms with Gasteiger partial charge in [-0.3, -0.25) is 9.36 Å². The zero-order chi connectivity index (χ0) is 17.2. The van der Waals surface area contributed by atoms with Crippen molar-refractivity contribution in [2.45, 2.75) is 38.6 Å². The summed E-state index contributed by atoms with van der Waals surface area (Å²) >= 11 is 0. The molecule has 0 bridgehead atoms. The van der Waals surface area contributed by atoms with Gasteiger partial charge in [-0.25, -0.2) is 4.79 Å². The highest BCUT2D eigenvalue weighted by atomic mass is 16.1. The van der Waals surface area contributed by atoms with Crippen molar-refractivity contribution in [2.75, 3.05) is 0 Å². The highest BCUT2D eigenvalue weighted by molar-refractivity contribution is 6.10. The Balaban J connectivity index is 1.66. The molecule has 1 saturated carbocycles. The minimum absolute atomic E-state index is 0.0246. The quantitative estimate of drug-likeness (QED) is 0.729. The van der Waals surface area contributed by atoms with E-state index in [0.717, 1.165) is 17.6 Å². The monoisotopic (exact) mass is 334 g/mol. The van der Waals surface area contributed by atoms with E-state index in [1.54, 1.807) is 6.07 Å². The minimum Gasteiger partial charge on any atom is -0.306 e.